The summed E-state index contributed by atoms with van der Waals surface area (Å²) >= 11 is 0. The number of hydrogen-bond donors (Lipinski definition) is 0. The molecule has 2 aromatic rings. The number of likely N-dealkylation sites (N-methyl/N-ethyl adjacent to an activating group) is 1. The maximum absolute atomic E-state index is 13.6. The molecule has 2 nitrogen and oxygen atoms in total. The highest BCUT2D eigenvalue weighted by atomic mass is 19.1. The van der Waals surface area contributed by atoms with Crippen LogP contribution in [0.1, 0.15) is 12.8 Å². The fourth-order valence-electron chi connectivity index (χ4n) is 2.53. The predicted octanol–water partition coefficient (Wildman–Crippen LogP) is 2.87. The number of hydrogen-bond acceptors (Lipinski definition) is 1. The first-order valence-electron chi connectivity index (χ1n) is 6.03. The summed E-state index contributed by atoms with van der Waals surface area (Å²) in [6.07, 6.45) is 4.46. The summed E-state index contributed by atoms with van der Waals surface area (Å²) in [5.41, 5.74) is 1.29. The Morgan fingerprint density at radius 3 is 2.71 bits per heavy atom. The number of benzene rings is 1. The van der Waals surface area contributed by atoms with Gasteiger partial charge in [-0.25, -0.2) is 4.39 Å². The molecule has 3 rings (SSSR count). The van der Waals surface area contributed by atoms with Crippen LogP contribution in [0.25, 0.3) is 10.9 Å². The van der Waals surface area contributed by atoms with Crippen molar-refractivity contribution >= 4 is 10.9 Å². The Hall–Kier alpha value is -1.35. The molecule has 0 unspecified atom stereocenters. The topological polar surface area (TPSA) is 8.17 Å². The zero-order valence-corrected chi connectivity index (χ0v) is 10.3. The Labute approximate surface area is 101 Å². The second kappa shape index (κ2) is 3.57. The summed E-state index contributed by atoms with van der Waals surface area (Å²) in [6.45, 7) is 0.951. The van der Waals surface area contributed by atoms with Gasteiger partial charge >= 0.3 is 0 Å². The molecule has 1 aliphatic carbocycles. The van der Waals surface area contributed by atoms with Crippen molar-refractivity contribution in [3.05, 3.63) is 36.3 Å². The van der Waals surface area contributed by atoms with Crippen molar-refractivity contribution in [3.63, 3.8) is 0 Å². The highest BCUT2D eigenvalue weighted by Gasteiger charge is 2.45. The van der Waals surface area contributed by atoms with E-state index in [-0.39, 0.29) is 11.4 Å². The molecule has 0 spiro atoms. The fourth-order valence-corrected chi connectivity index (χ4v) is 2.53. The van der Waals surface area contributed by atoms with Crippen molar-refractivity contribution < 1.29 is 4.39 Å². The lowest BCUT2D eigenvalue weighted by molar-refractivity contribution is 0.244. The number of rotatable bonds is 3. The Balaban J connectivity index is 1.99. The van der Waals surface area contributed by atoms with Crippen LogP contribution in [0.3, 0.4) is 0 Å². The molecule has 0 N–H and O–H groups in total. The van der Waals surface area contributed by atoms with Gasteiger partial charge in [0.1, 0.15) is 5.82 Å². The van der Waals surface area contributed by atoms with Gasteiger partial charge in [0.15, 0.2) is 0 Å². The molecular weight excluding hydrogens is 215 g/mol. The lowest BCUT2D eigenvalue weighted by Crippen LogP contribution is -2.34. The third kappa shape index (κ3) is 1.65. The minimum atomic E-state index is -0.129. The summed E-state index contributed by atoms with van der Waals surface area (Å²) in [5.74, 6) is -0.129. The first-order valence-corrected chi connectivity index (χ1v) is 6.03. The number of aromatic nitrogens is 1. The average molecular weight is 232 g/mol. The van der Waals surface area contributed by atoms with Crippen molar-refractivity contribution in [2.75, 3.05) is 14.1 Å². The number of halogens is 1. The zero-order valence-electron chi connectivity index (χ0n) is 10.3. The second-order valence-electron chi connectivity index (χ2n) is 5.24. The summed E-state index contributed by atoms with van der Waals surface area (Å²) in [7, 11) is 4.25. The van der Waals surface area contributed by atoms with Crippen molar-refractivity contribution in [2.45, 2.75) is 24.9 Å². The summed E-state index contributed by atoms with van der Waals surface area (Å²) < 4.78 is 15.8. The second-order valence-corrected chi connectivity index (χ2v) is 5.24. The van der Waals surface area contributed by atoms with Crippen LogP contribution in [0.15, 0.2) is 30.5 Å². The summed E-state index contributed by atoms with van der Waals surface area (Å²) in [6, 6.07) is 7.16. The van der Waals surface area contributed by atoms with E-state index in [0.717, 1.165) is 17.4 Å². The summed E-state index contributed by atoms with van der Waals surface area (Å²) in [5, 5.41) is 0.724. The molecule has 0 aliphatic heterocycles. The van der Waals surface area contributed by atoms with Gasteiger partial charge in [-0.15, -0.1) is 0 Å². The van der Waals surface area contributed by atoms with Crippen LogP contribution in [0.2, 0.25) is 0 Å². The zero-order chi connectivity index (χ0) is 12.0. The van der Waals surface area contributed by atoms with E-state index in [4.69, 9.17) is 0 Å². The van der Waals surface area contributed by atoms with Gasteiger partial charge in [-0.05, 0) is 45.1 Å². The van der Waals surface area contributed by atoms with E-state index in [9.17, 15) is 4.39 Å². The van der Waals surface area contributed by atoms with E-state index >= 15 is 0 Å². The van der Waals surface area contributed by atoms with Crippen molar-refractivity contribution in [3.8, 4) is 0 Å². The largest absolute Gasteiger partial charge is 0.346 e. The van der Waals surface area contributed by atoms with Crippen molar-refractivity contribution in [1.29, 1.82) is 0 Å². The quantitative estimate of drug-likeness (QED) is 0.790. The minimum Gasteiger partial charge on any atom is -0.346 e. The SMILES string of the molecule is CN(C)C1(Cn2ccc3c(F)cccc32)CC1. The molecule has 3 heteroatoms. The van der Waals surface area contributed by atoms with Gasteiger partial charge in [0.05, 0.1) is 5.52 Å². The Morgan fingerprint density at radius 1 is 1.29 bits per heavy atom. The molecular formula is C14H17FN2. The maximum Gasteiger partial charge on any atom is 0.132 e. The highest BCUT2D eigenvalue weighted by Crippen LogP contribution is 2.42. The minimum absolute atomic E-state index is 0.129. The van der Waals surface area contributed by atoms with E-state index in [0.29, 0.717) is 0 Å². The molecule has 0 amide bonds. The average Bonchev–Trinajstić information content (AvgIpc) is 2.96. The van der Waals surface area contributed by atoms with Crippen LogP contribution in [0, 0.1) is 5.82 Å². The molecule has 1 saturated carbocycles. The van der Waals surface area contributed by atoms with Crippen LogP contribution >= 0.6 is 0 Å². The number of nitrogens with zero attached hydrogens (tertiary/aromatic N) is 2. The van der Waals surface area contributed by atoms with Crippen LogP contribution < -0.4 is 0 Å². The van der Waals surface area contributed by atoms with Gasteiger partial charge in [-0.3, -0.25) is 0 Å². The van der Waals surface area contributed by atoms with Crippen LogP contribution in [0.5, 0.6) is 0 Å². The van der Waals surface area contributed by atoms with Gasteiger partial charge < -0.3 is 9.47 Å². The lowest BCUT2D eigenvalue weighted by atomic mass is 10.2. The molecule has 0 bridgehead atoms. The molecule has 0 atom stereocenters. The third-order valence-corrected chi connectivity index (χ3v) is 4.00. The standard InChI is InChI=1S/C14H17FN2/c1-16(2)14(7-8-14)10-17-9-6-11-12(15)4-3-5-13(11)17/h3-6,9H,7-8,10H2,1-2H3. The van der Waals surface area contributed by atoms with E-state index in [1.54, 1.807) is 6.07 Å². The molecule has 90 valence electrons. The first kappa shape index (κ1) is 10.8. The van der Waals surface area contributed by atoms with Crippen LogP contribution in [0.4, 0.5) is 4.39 Å². The predicted molar refractivity (Wildman–Crippen MR) is 67.5 cm³/mol. The van der Waals surface area contributed by atoms with Gasteiger partial charge in [-0.1, -0.05) is 6.07 Å². The normalized spacial score (nSPS) is 17.9. The summed E-state index contributed by atoms with van der Waals surface area (Å²) in [4.78, 5) is 2.29. The Bertz CT molecular complexity index is 552. The third-order valence-electron chi connectivity index (χ3n) is 4.00. The van der Waals surface area contributed by atoms with Crippen LogP contribution in [-0.4, -0.2) is 29.1 Å². The lowest BCUT2D eigenvalue weighted by Gasteiger charge is -2.24. The molecule has 0 radical (unpaired) electrons. The van der Waals surface area contributed by atoms with E-state index in [2.05, 4.69) is 23.6 Å². The molecule has 0 saturated heterocycles. The Kier molecular flexibility index (Phi) is 2.26. The fraction of sp³-hybridized carbons (Fsp3) is 0.429. The smallest absolute Gasteiger partial charge is 0.132 e. The number of fused-ring (bicyclic) bond motifs is 1. The van der Waals surface area contributed by atoms with Gasteiger partial charge in [0.25, 0.3) is 0 Å². The van der Waals surface area contributed by atoms with Crippen molar-refractivity contribution in [1.82, 2.24) is 9.47 Å². The van der Waals surface area contributed by atoms with E-state index in [1.165, 1.54) is 18.9 Å². The van der Waals surface area contributed by atoms with Gasteiger partial charge in [0.2, 0.25) is 0 Å². The maximum atomic E-state index is 13.6. The van der Waals surface area contributed by atoms with Crippen LogP contribution in [-0.2, 0) is 6.54 Å². The molecule has 17 heavy (non-hydrogen) atoms. The first-order chi connectivity index (χ1) is 8.12. The monoisotopic (exact) mass is 232 g/mol. The van der Waals surface area contributed by atoms with Gasteiger partial charge in [-0.2, -0.15) is 0 Å². The molecule has 1 aromatic heterocycles. The Morgan fingerprint density at radius 2 is 2.06 bits per heavy atom. The van der Waals surface area contributed by atoms with E-state index < -0.39 is 0 Å². The molecule has 1 aromatic carbocycles. The molecule has 1 fully saturated rings. The molecule has 1 aliphatic rings. The van der Waals surface area contributed by atoms with E-state index in [1.807, 2.05) is 18.3 Å². The highest BCUT2D eigenvalue weighted by molar-refractivity contribution is 5.80. The van der Waals surface area contributed by atoms with Crippen molar-refractivity contribution in [2.24, 2.45) is 0 Å². The molecule has 1 heterocycles. The van der Waals surface area contributed by atoms with Gasteiger partial charge in [0, 0.05) is 23.7 Å².